The summed E-state index contributed by atoms with van der Waals surface area (Å²) in [6.45, 7) is -0.701. The summed E-state index contributed by atoms with van der Waals surface area (Å²) >= 11 is 9.87. The van der Waals surface area contributed by atoms with Crippen LogP contribution in [0.1, 0.15) is 31.1 Å². The Hall–Kier alpha value is -2.61. The lowest BCUT2D eigenvalue weighted by atomic mass is 9.98. The number of hydrogen-bond acceptors (Lipinski definition) is 9. The number of rotatable bonds is 7. The van der Waals surface area contributed by atoms with Crippen LogP contribution in [0.25, 0.3) is 0 Å². The van der Waals surface area contributed by atoms with Gasteiger partial charge in [-0.2, -0.15) is 0 Å². The first kappa shape index (κ1) is 29.4. The zero-order valence-corrected chi connectivity index (χ0v) is 24.7. The summed E-state index contributed by atoms with van der Waals surface area (Å²) in [7, 11) is 0. The fraction of sp³-hybridized carbons (Fsp3) is 0.222. The van der Waals surface area contributed by atoms with Crippen molar-refractivity contribution < 1.29 is 43.5 Å². The Morgan fingerprint density at radius 1 is 0.641 bits per heavy atom. The van der Waals surface area contributed by atoms with E-state index in [1.807, 2.05) is 0 Å². The summed E-state index contributed by atoms with van der Waals surface area (Å²) in [6.07, 6.45) is -7.73. The van der Waals surface area contributed by atoms with Crippen LogP contribution < -0.4 is 0 Å². The van der Waals surface area contributed by atoms with E-state index in [0.717, 1.165) is 13.4 Å². The molecule has 204 valence electrons. The van der Waals surface area contributed by atoms with Crippen LogP contribution in [0.2, 0.25) is 0 Å². The van der Waals surface area contributed by atoms with Crippen molar-refractivity contribution in [3.8, 4) is 0 Å². The van der Waals surface area contributed by atoms with E-state index in [1.165, 1.54) is 36.4 Å². The maximum absolute atomic E-state index is 13.0. The fourth-order valence-corrected chi connectivity index (χ4v) is 4.50. The molecule has 12 heteroatoms. The molecule has 1 aliphatic rings. The molecule has 5 atom stereocenters. The highest BCUT2D eigenvalue weighted by molar-refractivity contribution is 9.11. The van der Waals surface area contributed by atoms with E-state index in [0.29, 0.717) is 0 Å². The highest BCUT2D eigenvalue weighted by Gasteiger charge is 2.51. The molecule has 1 heterocycles. The Morgan fingerprint density at radius 3 is 1.38 bits per heavy atom. The highest BCUT2D eigenvalue weighted by atomic mass is 79.9. The molecule has 0 amide bonds. The topological polar surface area (TPSA) is 129 Å². The van der Waals surface area contributed by atoms with Gasteiger partial charge in [-0.15, -0.1) is 0 Å². The van der Waals surface area contributed by atoms with Crippen LogP contribution in [0.5, 0.6) is 0 Å². The molecule has 3 aromatic rings. The van der Waals surface area contributed by atoms with E-state index in [4.69, 9.17) is 18.9 Å². The predicted octanol–water partition coefficient (Wildman–Crippen LogP) is 4.66. The van der Waals surface area contributed by atoms with Crippen LogP contribution in [-0.2, 0) is 18.9 Å². The average Bonchev–Trinajstić information content (AvgIpc) is 2.92. The monoisotopic (exact) mass is 726 g/mol. The second-order valence-corrected chi connectivity index (χ2v) is 11.1. The minimum absolute atomic E-state index is 0.146. The van der Waals surface area contributed by atoms with Crippen molar-refractivity contribution in [2.45, 2.75) is 30.7 Å². The van der Waals surface area contributed by atoms with Crippen LogP contribution in [-0.4, -0.2) is 65.4 Å². The van der Waals surface area contributed by atoms with Gasteiger partial charge in [0, 0.05) is 13.4 Å². The van der Waals surface area contributed by atoms with Crippen molar-refractivity contribution in [1.29, 1.82) is 0 Å². The van der Waals surface area contributed by atoms with Gasteiger partial charge in [0.15, 0.2) is 6.10 Å². The Labute approximate surface area is 248 Å². The molecule has 1 saturated heterocycles. The summed E-state index contributed by atoms with van der Waals surface area (Å²) in [6, 6.07) is 18.8. The molecule has 0 aromatic heterocycles. The summed E-state index contributed by atoms with van der Waals surface area (Å²) in [5.74, 6) is -2.52. The fourth-order valence-electron chi connectivity index (χ4n) is 3.71. The Morgan fingerprint density at radius 2 is 1.00 bits per heavy atom. The van der Waals surface area contributed by atoms with Gasteiger partial charge in [-0.25, -0.2) is 14.4 Å². The molecule has 2 N–H and O–H groups in total. The summed E-state index contributed by atoms with van der Waals surface area (Å²) in [5, 5.41) is 20.8. The number of hydrogen-bond donors (Lipinski definition) is 2. The predicted molar refractivity (Wildman–Crippen MR) is 148 cm³/mol. The average molecular weight is 729 g/mol. The number of carbonyl (C=O) groups excluding carboxylic acids is 3. The zero-order chi connectivity index (χ0) is 28.1. The molecular weight excluding hydrogens is 708 g/mol. The van der Waals surface area contributed by atoms with Gasteiger partial charge in [0.1, 0.15) is 12.2 Å². The van der Waals surface area contributed by atoms with E-state index in [-0.39, 0.29) is 16.7 Å². The van der Waals surface area contributed by atoms with Crippen molar-refractivity contribution in [3.05, 3.63) is 103 Å². The third-order valence-electron chi connectivity index (χ3n) is 5.75. The number of halogens is 3. The van der Waals surface area contributed by atoms with Crippen LogP contribution in [0.3, 0.4) is 0 Å². The number of esters is 3. The molecule has 39 heavy (non-hydrogen) atoms. The molecule has 0 bridgehead atoms. The minimum Gasteiger partial charge on any atom is -0.452 e. The van der Waals surface area contributed by atoms with Crippen molar-refractivity contribution >= 4 is 65.7 Å². The number of carbonyl (C=O) groups is 3. The van der Waals surface area contributed by atoms with Crippen molar-refractivity contribution in [2.24, 2.45) is 0 Å². The van der Waals surface area contributed by atoms with E-state index < -0.39 is 55.2 Å². The van der Waals surface area contributed by atoms with E-state index in [9.17, 15) is 24.6 Å². The van der Waals surface area contributed by atoms with Gasteiger partial charge in [0.2, 0.25) is 12.4 Å². The summed E-state index contributed by atoms with van der Waals surface area (Å²) in [4.78, 5) is 38.9. The molecule has 9 nitrogen and oxygen atoms in total. The zero-order valence-electron chi connectivity index (χ0n) is 19.9. The molecular formula is C27H21Br3O9. The van der Waals surface area contributed by atoms with E-state index in [2.05, 4.69) is 47.8 Å². The summed E-state index contributed by atoms with van der Waals surface area (Å²) < 4.78 is 24.6. The molecule has 4 rings (SSSR count). The number of ether oxygens (including phenoxy) is 4. The SMILES string of the molecule is O=C(O[C@H]1O[C@H](CO)[C@@H](O)[C@H](OC(=O)c2ccc(Br)cc2)[C@H]1OC(=O)c1ccc(Br)cc1)c1ccc(Br)cc1. The lowest BCUT2D eigenvalue weighted by Gasteiger charge is -2.42. The van der Waals surface area contributed by atoms with Crippen LogP contribution in [0.4, 0.5) is 0 Å². The van der Waals surface area contributed by atoms with E-state index >= 15 is 0 Å². The highest BCUT2D eigenvalue weighted by Crippen LogP contribution is 2.29. The standard InChI is InChI=1S/C27H21Br3O9/c28-17-7-1-14(2-8-17)24(33)37-22-21(32)20(13-31)36-27(39-26(35)16-5-11-19(30)12-6-16)23(22)38-25(34)15-3-9-18(29)10-4-15/h1-12,20-23,27,31-32H,13H2/t20-,21-,22+,23-,27-/m1/s1. The van der Waals surface area contributed by atoms with Crippen LogP contribution >= 0.6 is 47.8 Å². The van der Waals surface area contributed by atoms with Gasteiger partial charge < -0.3 is 29.2 Å². The Bertz CT molecular complexity index is 1310. The molecule has 0 saturated carbocycles. The van der Waals surface area contributed by atoms with Gasteiger partial charge in [-0.05, 0) is 72.8 Å². The third-order valence-corrected chi connectivity index (χ3v) is 7.33. The second kappa shape index (κ2) is 13.2. The van der Waals surface area contributed by atoms with Crippen molar-refractivity contribution in [1.82, 2.24) is 0 Å². The van der Waals surface area contributed by atoms with Gasteiger partial charge in [-0.1, -0.05) is 47.8 Å². The molecule has 1 fully saturated rings. The first-order chi connectivity index (χ1) is 18.7. The summed E-state index contributed by atoms with van der Waals surface area (Å²) in [5.41, 5.74) is 0.460. The molecule has 0 spiro atoms. The molecule has 0 radical (unpaired) electrons. The molecule has 0 unspecified atom stereocenters. The maximum atomic E-state index is 13.0. The Kier molecular flexibility index (Phi) is 9.91. The normalized spacial score (nSPS) is 22.5. The molecule has 3 aromatic carbocycles. The first-order valence-corrected chi connectivity index (χ1v) is 13.9. The molecule has 1 aliphatic heterocycles. The quantitative estimate of drug-likeness (QED) is 0.264. The number of aliphatic hydroxyl groups excluding tert-OH is 2. The van der Waals surface area contributed by atoms with Gasteiger partial charge in [0.25, 0.3) is 0 Å². The van der Waals surface area contributed by atoms with Gasteiger partial charge in [-0.3, -0.25) is 0 Å². The number of aliphatic hydroxyl groups is 2. The lowest BCUT2D eigenvalue weighted by molar-refractivity contribution is -0.283. The largest absolute Gasteiger partial charge is 0.452 e. The van der Waals surface area contributed by atoms with E-state index in [1.54, 1.807) is 36.4 Å². The molecule has 0 aliphatic carbocycles. The number of benzene rings is 3. The van der Waals surface area contributed by atoms with Crippen LogP contribution in [0.15, 0.2) is 86.2 Å². The second-order valence-electron chi connectivity index (χ2n) is 8.38. The van der Waals surface area contributed by atoms with Crippen molar-refractivity contribution in [3.63, 3.8) is 0 Å². The lowest BCUT2D eigenvalue weighted by Crippen LogP contribution is -2.62. The Balaban J connectivity index is 1.66. The minimum atomic E-state index is -1.64. The van der Waals surface area contributed by atoms with Crippen molar-refractivity contribution in [2.75, 3.05) is 6.61 Å². The van der Waals surface area contributed by atoms with Crippen LogP contribution in [0, 0.1) is 0 Å². The third kappa shape index (κ3) is 7.33. The van der Waals surface area contributed by atoms with Gasteiger partial charge >= 0.3 is 17.9 Å². The van der Waals surface area contributed by atoms with Gasteiger partial charge in [0.05, 0.1) is 23.3 Å². The smallest absolute Gasteiger partial charge is 0.340 e. The first-order valence-electron chi connectivity index (χ1n) is 11.5. The maximum Gasteiger partial charge on any atom is 0.340 e.